The van der Waals surface area contributed by atoms with E-state index in [1.165, 1.54) is 0 Å². The Balaban J connectivity index is 2.69. The number of carbonyl (C=O) groups is 1. The lowest BCUT2D eigenvalue weighted by Gasteiger charge is -2.19. The maximum atomic E-state index is 12.4. The van der Waals surface area contributed by atoms with Crippen LogP contribution in [0, 0.1) is 11.8 Å². The van der Waals surface area contributed by atoms with E-state index in [0.717, 1.165) is 12.0 Å². The molecule has 1 rings (SSSR count). The normalized spacial score (nSPS) is 14.4. The van der Waals surface area contributed by atoms with Gasteiger partial charge in [-0.3, -0.25) is 4.79 Å². The van der Waals surface area contributed by atoms with Gasteiger partial charge in [-0.15, -0.1) is 0 Å². The van der Waals surface area contributed by atoms with Crippen molar-refractivity contribution in [2.24, 2.45) is 11.8 Å². The van der Waals surface area contributed by atoms with Crippen LogP contribution in [0.4, 0.5) is 0 Å². The van der Waals surface area contributed by atoms with E-state index in [1.807, 2.05) is 37.3 Å². The fourth-order valence-electron chi connectivity index (χ4n) is 2.51. The number of rotatable bonds is 8. The first kappa shape index (κ1) is 15.9. The van der Waals surface area contributed by atoms with Crippen LogP contribution in [0.1, 0.15) is 52.2 Å². The maximum absolute atomic E-state index is 12.4. The molecule has 0 radical (unpaired) electrons. The summed E-state index contributed by atoms with van der Waals surface area (Å²) in [5.41, 5.74) is 0.964. The highest BCUT2D eigenvalue weighted by atomic mass is 16.5. The molecule has 0 bridgehead atoms. The molecule has 1 aromatic rings. The topological polar surface area (TPSA) is 26.3 Å². The minimum atomic E-state index is -0.402. The van der Waals surface area contributed by atoms with Crippen molar-refractivity contribution in [1.82, 2.24) is 0 Å². The zero-order valence-electron chi connectivity index (χ0n) is 12.6. The highest BCUT2D eigenvalue weighted by Crippen LogP contribution is 2.24. The summed E-state index contributed by atoms with van der Waals surface area (Å²) in [7, 11) is 0. The van der Waals surface area contributed by atoms with Gasteiger partial charge in [0.05, 0.1) is 0 Å². The standard InChI is InChI=1S/C17H26O2/c1-5-19-17(15-9-7-6-8-10-15)16(18)12-14(4)11-13(2)3/h6-10,13-14,17H,5,11-12H2,1-4H3. The summed E-state index contributed by atoms with van der Waals surface area (Å²) in [5, 5.41) is 0. The molecule has 106 valence electrons. The summed E-state index contributed by atoms with van der Waals surface area (Å²) in [4.78, 5) is 12.4. The second-order valence-corrected chi connectivity index (χ2v) is 5.65. The van der Waals surface area contributed by atoms with Crippen LogP contribution >= 0.6 is 0 Å². The van der Waals surface area contributed by atoms with E-state index in [-0.39, 0.29) is 5.78 Å². The average molecular weight is 262 g/mol. The molecule has 1 aromatic carbocycles. The minimum absolute atomic E-state index is 0.196. The van der Waals surface area contributed by atoms with Crippen molar-refractivity contribution in [3.63, 3.8) is 0 Å². The van der Waals surface area contributed by atoms with E-state index in [4.69, 9.17) is 4.74 Å². The van der Waals surface area contributed by atoms with Crippen molar-refractivity contribution in [1.29, 1.82) is 0 Å². The first-order valence-electron chi connectivity index (χ1n) is 7.23. The molecule has 0 N–H and O–H groups in total. The van der Waals surface area contributed by atoms with E-state index in [1.54, 1.807) is 0 Å². The van der Waals surface area contributed by atoms with Crippen molar-refractivity contribution in [2.75, 3.05) is 6.61 Å². The Morgan fingerprint density at radius 2 is 1.79 bits per heavy atom. The molecular formula is C17H26O2. The highest BCUT2D eigenvalue weighted by molar-refractivity contribution is 5.84. The molecule has 2 nitrogen and oxygen atoms in total. The third kappa shape index (κ3) is 5.56. The summed E-state index contributed by atoms with van der Waals surface area (Å²) in [6.45, 7) is 9.02. The number of ether oxygens (including phenoxy) is 1. The van der Waals surface area contributed by atoms with Gasteiger partial charge in [0.2, 0.25) is 0 Å². The van der Waals surface area contributed by atoms with Gasteiger partial charge in [0.1, 0.15) is 6.10 Å². The summed E-state index contributed by atoms with van der Waals surface area (Å²) in [6.07, 6.45) is 1.28. The van der Waals surface area contributed by atoms with E-state index >= 15 is 0 Å². The molecule has 0 saturated carbocycles. The molecule has 0 aliphatic carbocycles. The molecule has 0 aromatic heterocycles. The Labute approximate surface area is 117 Å². The van der Waals surface area contributed by atoms with Crippen LogP contribution in [0.15, 0.2) is 30.3 Å². The first-order chi connectivity index (χ1) is 9.04. The number of carbonyl (C=O) groups excluding carboxylic acids is 1. The van der Waals surface area contributed by atoms with E-state index in [2.05, 4.69) is 20.8 Å². The molecule has 2 heteroatoms. The Hall–Kier alpha value is -1.15. The SMILES string of the molecule is CCOC(C(=O)CC(C)CC(C)C)c1ccccc1. The van der Waals surface area contributed by atoms with Crippen LogP contribution in [-0.4, -0.2) is 12.4 Å². The minimum Gasteiger partial charge on any atom is -0.366 e. The Kier molecular flexibility index (Phi) is 6.79. The van der Waals surface area contributed by atoms with Gasteiger partial charge in [-0.25, -0.2) is 0 Å². The summed E-state index contributed by atoms with van der Waals surface area (Å²) in [5.74, 6) is 1.24. The van der Waals surface area contributed by atoms with Crippen molar-refractivity contribution >= 4 is 5.78 Å². The van der Waals surface area contributed by atoms with Gasteiger partial charge in [0.25, 0.3) is 0 Å². The second kappa shape index (κ2) is 8.11. The fourth-order valence-corrected chi connectivity index (χ4v) is 2.51. The molecule has 2 unspecified atom stereocenters. The maximum Gasteiger partial charge on any atom is 0.166 e. The lowest BCUT2D eigenvalue weighted by Crippen LogP contribution is -2.19. The lowest BCUT2D eigenvalue weighted by atomic mass is 9.91. The van der Waals surface area contributed by atoms with Crippen LogP contribution in [0.25, 0.3) is 0 Å². The van der Waals surface area contributed by atoms with Crippen LogP contribution in [0.2, 0.25) is 0 Å². The molecule has 0 amide bonds. The summed E-state index contributed by atoms with van der Waals surface area (Å²) < 4.78 is 5.65. The second-order valence-electron chi connectivity index (χ2n) is 5.65. The van der Waals surface area contributed by atoms with E-state index in [0.29, 0.717) is 24.9 Å². The molecule has 2 atom stereocenters. The molecule has 0 aliphatic rings. The van der Waals surface area contributed by atoms with Crippen LogP contribution < -0.4 is 0 Å². The van der Waals surface area contributed by atoms with Crippen LogP contribution in [0.5, 0.6) is 0 Å². The Bertz CT molecular complexity index is 370. The molecule has 0 fully saturated rings. The molecule has 0 aliphatic heterocycles. The summed E-state index contributed by atoms with van der Waals surface area (Å²) >= 11 is 0. The Morgan fingerprint density at radius 3 is 2.32 bits per heavy atom. The van der Waals surface area contributed by atoms with Crippen molar-refractivity contribution < 1.29 is 9.53 Å². The quantitative estimate of drug-likeness (QED) is 0.694. The number of hydrogen-bond donors (Lipinski definition) is 0. The number of Topliss-reactive ketones (excluding diaryl/α,β-unsaturated/α-hetero) is 1. The number of ketones is 1. The number of benzene rings is 1. The van der Waals surface area contributed by atoms with Crippen molar-refractivity contribution in [3.8, 4) is 0 Å². The van der Waals surface area contributed by atoms with Gasteiger partial charge in [-0.1, -0.05) is 51.1 Å². The van der Waals surface area contributed by atoms with Crippen molar-refractivity contribution in [2.45, 2.75) is 46.6 Å². The highest BCUT2D eigenvalue weighted by Gasteiger charge is 2.22. The third-order valence-corrected chi connectivity index (χ3v) is 3.15. The smallest absolute Gasteiger partial charge is 0.166 e. The lowest BCUT2D eigenvalue weighted by molar-refractivity contribution is -0.131. The number of hydrogen-bond acceptors (Lipinski definition) is 2. The average Bonchev–Trinajstić information content (AvgIpc) is 2.35. The Morgan fingerprint density at radius 1 is 1.16 bits per heavy atom. The van der Waals surface area contributed by atoms with Gasteiger partial charge in [-0.05, 0) is 30.7 Å². The zero-order valence-corrected chi connectivity index (χ0v) is 12.6. The summed E-state index contributed by atoms with van der Waals surface area (Å²) in [6, 6.07) is 9.79. The fraction of sp³-hybridized carbons (Fsp3) is 0.588. The van der Waals surface area contributed by atoms with Gasteiger partial charge in [-0.2, -0.15) is 0 Å². The third-order valence-electron chi connectivity index (χ3n) is 3.15. The van der Waals surface area contributed by atoms with Crippen molar-refractivity contribution in [3.05, 3.63) is 35.9 Å². The molecule has 0 heterocycles. The predicted octanol–water partition coefficient (Wildman–Crippen LogP) is 4.41. The molecular weight excluding hydrogens is 236 g/mol. The predicted molar refractivity (Wildman–Crippen MR) is 79.1 cm³/mol. The first-order valence-corrected chi connectivity index (χ1v) is 7.23. The molecule has 0 saturated heterocycles. The van der Waals surface area contributed by atoms with Gasteiger partial charge in [0, 0.05) is 13.0 Å². The van der Waals surface area contributed by atoms with Gasteiger partial charge >= 0.3 is 0 Å². The largest absolute Gasteiger partial charge is 0.366 e. The molecule has 19 heavy (non-hydrogen) atoms. The van der Waals surface area contributed by atoms with E-state index in [9.17, 15) is 4.79 Å². The zero-order chi connectivity index (χ0) is 14.3. The van der Waals surface area contributed by atoms with E-state index < -0.39 is 6.10 Å². The van der Waals surface area contributed by atoms with Crippen LogP contribution in [-0.2, 0) is 9.53 Å². The van der Waals surface area contributed by atoms with Gasteiger partial charge < -0.3 is 4.74 Å². The molecule has 0 spiro atoms. The monoisotopic (exact) mass is 262 g/mol. The van der Waals surface area contributed by atoms with Crippen LogP contribution in [0.3, 0.4) is 0 Å². The van der Waals surface area contributed by atoms with Gasteiger partial charge in [0.15, 0.2) is 5.78 Å².